The van der Waals surface area contributed by atoms with Crippen molar-refractivity contribution in [2.24, 2.45) is 0 Å². The molecular formula is C22H21ClFN5O3. The Morgan fingerprint density at radius 2 is 2.09 bits per heavy atom. The van der Waals surface area contributed by atoms with Crippen LogP contribution in [0.15, 0.2) is 12.4 Å². The normalized spacial score (nSPS) is 16.8. The number of carbonyl (C=O) groups excluding carboxylic acids is 1. The molecule has 3 aromatic rings. The van der Waals surface area contributed by atoms with E-state index in [-0.39, 0.29) is 35.5 Å². The van der Waals surface area contributed by atoms with Crippen LogP contribution in [0.5, 0.6) is 11.9 Å². The maximum Gasteiger partial charge on any atom is 0.324 e. The van der Waals surface area contributed by atoms with Crippen LogP contribution in [0.4, 0.5) is 4.39 Å². The number of nitrogens with zero attached hydrogens (tertiary/aromatic N) is 3. The number of fused-ring (bicyclic) bond motifs is 5. The van der Waals surface area contributed by atoms with Gasteiger partial charge in [0.05, 0.1) is 17.9 Å². The van der Waals surface area contributed by atoms with Crippen LogP contribution in [0.2, 0.25) is 5.15 Å². The van der Waals surface area contributed by atoms with Gasteiger partial charge in [-0.25, -0.2) is 14.4 Å². The number of amides is 1. The summed E-state index contributed by atoms with van der Waals surface area (Å²) in [7, 11) is 0. The smallest absolute Gasteiger partial charge is 0.324 e. The highest BCUT2D eigenvalue weighted by Gasteiger charge is 2.34. The molecule has 0 saturated heterocycles. The SMILES string of the molecule is CCOCc1cnc(Oc2ncc3c(c2F)-c2[nH]c4c(c2CC3)C(=O)NC[C@H]4C)nc1Cl. The van der Waals surface area contributed by atoms with E-state index < -0.39 is 5.82 Å². The monoisotopic (exact) mass is 457 g/mol. The first kappa shape index (κ1) is 20.8. The summed E-state index contributed by atoms with van der Waals surface area (Å²) in [6.07, 6.45) is 4.28. The fourth-order valence-electron chi connectivity index (χ4n) is 4.20. The number of rotatable bonds is 5. The second-order valence-corrected chi connectivity index (χ2v) is 8.22. The number of nitrogens with one attached hydrogen (secondary N) is 2. The molecule has 8 nitrogen and oxygen atoms in total. The van der Waals surface area contributed by atoms with E-state index in [0.717, 1.165) is 16.8 Å². The summed E-state index contributed by atoms with van der Waals surface area (Å²) >= 11 is 6.17. The highest BCUT2D eigenvalue weighted by molar-refractivity contribution is 6.30. The lowest BCUT2D eigenvalue weighted by Gasteiger charge is -2.21. The summed E-state index contributed by atoms with van der Waals surface area (Å²) in [6, 6.07) is -0.114. The molecule has 32 heavy (non-hydrogen) atoms. The van der Waals surface area contributed by atoms with Crippen LogP contribution in [0.25, 0.3) is 11.3 Å². The van der Waals surface area contributed by atoms with Crippen molar-refractivity contribution < 1.29 is 18.7 Å². The molecule has 1 aliphatic heterocycles. The topological polar surface area (TPSA) is 102 Å². The number of aryl methyl sites for hydroxylation is 1. The van der Waals surface area contributed by atoms with Crippen molar-refractivity contribution in [1.82, 2.24) is 25.3 Å². The summed E-state index contributed by atoms with van der Waals surface area (Å²) in [5.41, 5.74) is 4.62. The molecule has 1 atom stereocenters. The standard InChI is InChI=1S/C22H21ClFN5O3/c1-3-31-9-12-8-27-22(29-19(12)23)32-21-16(24)14-11(7-26-21)4-5-13-15-17(28-18(13)14)10(2)6-25-20(15)30/h7-8,10,28H,3-6,9H2,1-2H3,(H,25,30)/t10-/m1/s1. The van der Waals surface area contributed by atoms with Gasteiger partial charge >= 0.3 is 6.01 Å². The largest absolute Gasteiger partial charge is 0.402 e. The van der Waals surface area contributed by atoms with Gasteiger partial charge in [0, 0.05) is 48.3 Å². The van der Waals surface area contributed by atoms with Gasteiger partial charge in [-0.15, -0.1) is 0 Å². The molecule has 166 valence electrons. The minimum Gasteiger partial charge on any atom is -0.402 e. The average molecular weight is 458 g/mol. The summed E-state index contributed by atoms with van der Waals surface area (Å²) in [4.78, 5) is 28.1. The Kier molecular flexibility index (Phi) is 5.30. The van der Waals surface area contributed by atoms with E-state index >= 15 is 4.39 Å². The third-order valence-corrected chi connectivity index (χ3v) is 6.15. The second kappa shape index (κ2) is 8.14. The van der Waals surface area contributed by atoms with Gasteiger partial charge in [-0.2, -0.15) is 4.98 Å². The molecule has 0 radical (unpaired) electrons. The van der Waals surface area contributed by atoms with Crippen molar-refractivity contribution in [2.75, 3.05) is 13.2 Å². The van der Waals surface area contributed by atoms with Crippen LogP contribution in [0.1, 0.15) is 52.5 Å². The summed E-state index contributed by atoms with van der Waals surface area (Å²) < 4.78 is 26.5. The second-order valence-electron chi connectivity index (χ2n) is 7.86. The average Bonchev–Trinajstić information content (AvgIpc) is 3.18. The molecule has 1 amide bonds. The first-order chi connectivity index (χ1) is 15.5. The molecule has 0 unspecified atom stereocenters. The number of hydrogen-bond acceptors (Lipinski definition) is 6. The molecule has 0 aromatic carbocycles. The molecular weight excluding hydrogens is 437 g/mol. The highest BCUT2D eigenvalue weighted by Crippen LogP contribution is 2.42. The number of aromatic amines is 1. The minimum absolute atomic E-state index is 0.114. The van der Waals surface area contributed by atoms with Crippen molar-refractivity contribution >= 4 is 17.5 Å². The molecule has 0 spiro atoms. The Morgan fingerprint density at radius 3 is 2.88 bits per heavy atom. The first-order valence-corrected chi connectivity index (χ1v) is 10.8. The van der Waals surface area contributed by atoms with Crippen molar-refractivity contribution in [3.05, 3.63) is 51.3 Å². The van der Waals surface area contributed by atoms with Crippen LogP contribution >= 0.6 is 11.6 Å². The number of ether oxygens (including phenoxy) is 2. The molecule has 10 heteroatoms. The summed E-state index contributed by atoms with van der Waals surface area (Å²) in [6.45, 7) is 5.24. The third kappa shape index (κ3) is 3.41. The number of halogens is 2. The minimum atomic E-state index is -0.631. The molecule has 3 aromatic heterocycles. The van der Waals surface area contributed by atoms with Crippen molar-refractivity contribution in [1.29, 1.82) is 0 Å². The van der Waals surface area contributed by atoms with E-state index in [9.17, 15) is 4.79 Å². The van der Waals surface area contributed by atoms with Crippen LogP contribution in [-0.2, 0) is 24.2 Å². The zero-order valence-electron chi connectivity index (χ0n) is 17.6. The quantitative estimate of drug-likeness (QED) is 0.563. The molecule has 2 N–H and O–H groups in total. The Morgan fingerprint density at radius 1 is 1.25 bits per heavy atom. The molecule has 2 aliphatic rings. The van der Waals surface area contributed by atoms with Crippen molar-refractivity contribution in [3.8, 4) is 23.1 Å². The molecule has 0 fully saturated rings. The first-order valence-electron chi connectivity index (χ1n) is 10.5. The van der Waals surface area contributed by atoms with E-state index in [4.69, 9.17) is 21.1 Å². The Bertz CT molecular complexity index is 1230. The third-order valence-electron chi connectivity index (χ3n) is 5.82. The lowest BCUT2D eigenvalue weighted by molar-refractivity contribution is 0.0940. The Hall–Kier alpha value is -3.04. The zero-order chi connectivity index (χ0) is 22.4. The van der Waals surface area contributed by atoms with Gasteiger partial charge in [-0.1, -0.05) is 18.5 Å². The van der Waals surface area contributed by atoms with E-state index in [0.29, 0.717) is 48.4 Å². The van der Waals surface area contributed by atoms with Crippen LogP contribution in [0.3, 0.4) is 0 Å². The molecule has 5 rings (SSSR count). The van der Waals surface area contributed by atoms with Crippen molar-refractivity contribution in [3.63, 3.8) is 0 Å². The Balaban J connectivity index is 1.52. The summed E-state index contributed by atoms with van der Waals surface area (Å²) in [5.74, 6) is -0.896. The maximum atomic E-state index is 15.6. The van der Waals surface area contributed by atoms with Gasteiger partial charge in [0.15, 0.2) is 5.82 Å². The van der Waals surface area contributed by atoms with Gasteiger partial charge in [-0.3, -0.25) is 4.79 Å². The predicted molar refractivity (Wildman–Crippen MR) is 115 cm³/mol. The number of hydrogen-bond donors (Lipinski definition) is 2. The number of aromatic nitrogens is 4. The fraction of sp³-hybridized carbons (Fsp3) is 0.364. The van der Waals surface area contributed by atoms with E-state index in [1.54, 1.807) is 6.20 Å². The molecule has 0 bridgehead atoms. The predicted octanol–water partition coefficient (Wildman–Crippen LogP) is 3.93. The number of H-pyrrole nitrogens is 1. The molecule has 4 heterocycles. The maximum absolute atomic E-state index is 15.6. The lowest BCUT2D eigenvalue weighted by atomic mass is 9.87. The Labute approximate surface area is 188 Å². The molecule has 0 saturated carbocycles. The highest BCUT2D eigenvalue weighted by atomic mass is 35.5. The van der Waals surface area contributed by atoms with Crippen molar-refractivity contribution in [2.45, 2.75) is 39.2 Å². The fourth-order valence-corrected chi connectivity index (χ4v) is 4.38. The molecule has 1 aliphatic carbocycles. The number of pyridine rings is 1. The van der Waals surface area contributed by atoms with Gasteiger partial charge in [0.25, 0.3) is 11.8 Å². The van der Waals surface area contributed by atoms with Gasteiger partial charge < -0.3 is 19.8 Å². The lowest BCUT2D eigenvalue weighted by Crippen LogP contribution is -2.34. The van der Waals surface area contributed by atoms with E-state index in [1.165, 1.54) is 6.20 Å². The van der Waals surface area contributed by atoms with Crippen LogP contribution in [-0.4, -0.2) is 39.0 Å². The summed E-state index contributed by atoms with van der Waals surface area (Å²) in [5, 5.41) is 3.07. The van der Waals surface area contributed by atoms with E-state index in [1.807, 2.05) is 13.8 Å². The van der Waals surface area contributed by atoms with Crippen LogP contribution in [0, 0.1) is 5.82 Å². The van der Waals surface area contributed by atoms with E-state index in [2.05, 4.69) is 25.3 Å². The van der Waals surface area contributed by atoms with Crippen LogP contribution < -0.4 is 10.1 Å². The van der Waals surface area contributed by atoms with Gasteiger partial charge in [0.1, 0.15) is 5.15 Å². The zero-order valence-corrected chi connectivity index (χ0v) is 18.3. The van der Waals surface area contributed by atoms with Gasteiger partial charge in [-0.05, 0) is 30.9 Å². The van der Waals surface area contributed by atoms with Gasteiger partial charge in [0.2, 0.25) is 0 Å². The number of carbonyl (C=O) groups is 1.